The first-order chi connectivity index (χ1) is 7.39. The van der Waals surface area contributed by atoms with E-state index in [-0.39, 0.29) is 0 Å². The number of fused-ring (bicyclic) bond motifs is 1. The first-order valence-corrected chi connectivity index (χ1v) is 4.45. The van der Waals surface area contributed by atoms with Crippen molar-refractivity contribution in [2.24, 2.45) is 0 Å². The number of halogens is 3. The average molecular weight is 228 g/mol. The van der Waals surface area contributed by atoms with E-state index >= 15 is 0 Å². The molecule has 2 heterocycles. The molecule has 0 spiro atoms. The quantitative estimate of drug-likeness (QED) is 0.702. The molecule has 2 rings (SSSR count). The van der Waals surface area contributed by atoms with Gasteiger partial charge in [-0.2, -0.15) is 13.2 Å². The summed E-state index contributed by atoms with van der Waals surface area (Å²) < 4.78 is 37.8. The van der Waals surface area contributed by atoms with Crippen LogP contribution in [0.4, 0.5) is 13.2 Å². The van der Waals surface area contributed by atoms with Crippen molar-refractivity contribution in [3.63, 3.8) is 0 Å². The predicted octanol–water partition coefficient (Wildman–Crippen LogP) is 2.39. The molecule has 0 bridgehead atoms. The maximum absolute atomic E-state index is 12.2. The van der Waals surface area contributed by atoms with Gasteiger partial charge in [0.05, 0.1) is 6.20 Å². The highest BCUT2D eigenvalue weighted by Crippen LogP contribution is 2.22. The third kappa shape index (κ3) is 1.66. The Labute approximate surface area is 88.5 Å². The lowest BCUT2D eigenvalue weighted by Crippen LogP contribution is -2.24. The lowest BCUT2D eigenvalue weighted by Gasteiger charge is -2.04. The maximum Gasteiger partial charge on any atom is 0.456 e. The van der Waals surface area contributed by atoms with E-state index in [1.807, 2.05) is 0 Å². The van der Waals surface area contributed by atoms with Crippen molar-refractivity contribution in [1.29, 1.82) is 0 Å². The van der Waals surface area contributed by atoms with Gasteiger partial charge < -0.3 is 0 Å². The zero-order chi connectivity index (χ0) is 11.9. The maximum atomic E-state index is 12.2. The van der Waals surface area contributed by atoms with E-state index < -0.39 is 17.7 Å². The number of aromatic nitrogens is 2. The molecule has 0 aliphatic carbocycles. The topological polar surface area (TPSA) is 34.4 Å². The summed E-state index contributed by atoms with van der Waals surface area (Å²) in [6.07, 6.45) is -2.54. The van der Waals surface area contributed by atoms with Gasteiger partial charge in [-0.05, 0) is 24.6 Å². The first-order valence-electron chi connectivity index (χ1n) is 4.45. The van der Waals surface area contributed by atoms with E-state index in [0.717, 1.165) is 16.2 Å². The molecule has 0 saturated carbocycles. The van der Waals surface area contributed by atoms with E-state index in [9.17, 15) is 18.0 Å². The van der Waals surface area contributed by atoms with E-state index in [4.69, 9.17) is 0 Å². The van der Waals surface area contributed by atoms with E-state index in [1.165, 1.54) is 6.20 Å². The fourth-order valence-electron chi connectivity index (χ4n) is 1.40. The molecular weight excluding hydrogens is 221 g/mol. The molecule has 0 atom stereocenters. The number of pyridine rings is 1. The highest BCUT2D eigenvalue weighted by molar-refractivity contribution is 5.99. The Hall–Kier alpha value is -1.85. The zero-order valence-corrected chi connectivity index (χ0v) is 8.25. The molecule has 2 aromatic heterocycles. The molecule has 0 N–H and O–H groups in total. The van der Waals surface area contributed by atoms with E-state index in [0.29, 0.717) is 5.65 Å². The summed E-state index contributed by atoms with van der Waals surface area (Å²) in [5.74, 6) is -1.89. The Morgan fingerprint density at radius 1 is 1.44 bits per heavy atom. The summed E-state index contributed by atoms with van der Waals surface area (Å²) in [6.45, 7) is 1.79. The smallest absolute Gasteiger partial charge is 0.297 e. The average Bonchev–Trinajstić information content (AvgIpc) is 2.57. The van der Waals surface area contributed by atoms with Crippen molar-refractivity contribution in [3.05, 3.63) is 35.8 Å². The molecule has 0 aromatic carbocycles. The molecule has 0 aliphatic heterocycles. The highest BCUT2D eigenvalue weighted by Gasteiger charge is 2.41. The van der Waals surface area contributed by atoms with Gasteiger partial charge in [0.15, 0.2) is 0 Å². The lowest BCUT2D eigenvalue weighted by molar-refractivity contribution is -0.0888. The van der Waals surface area contributed by atoms with Crippen LogP contribution in [0.1, 0.15) is 16.1 Å². The fraction of sp³-hybridized carbons (Fsp3) is 0.200. The summed E-state index contributed by atoms with van der Waals surface area (Å²) in [7, 11) is 0. The van der Waals surface area contributed by atoms with Crippen molar-refractivity contribution in [2.45, 2.75) is 13.1 Å². The van der Waals surface area contributed by atoms with Gasteiger partial charge in [0, 0.05) is 6.20 Å². The number of alkyl halides is 3. The Morgan fingerprint density at radius 3 is 2.75 bits per heavy atom. The van der Waals surface area contributed by atoms with E-state index in [2.05, 4.69) is 4.98 Å². The number of aryl methyl sites for hydroxylation is 1. The number of Topliss-reactive ketones (excluding diaryl/α,β-unsaturated/α-hetero) is 1. The molecule has 0 unspecified atom stereocenters. The third-order valence-corrected chi connectivity index (χ3v) is 2.16. The van der Waals surface area contributed by atoms with Crippen LogP contribution in [-0.2, 0) is 0 Å². The minimum Gasteiger partial charge on any atom is -0.297 e. The molecule has 2 aromatic rings. The van der Waals surface area contributed by atoms with Crippen molar-refractivity contribution in [2.75, 3.05) is 0 Å². The largest absolute Gasteiger partial charge is 0.456 e. The molecule has 0 saturated heterocycles. The van der Waals surface area contributed by atoms with Crippen LogP contribution >= 0.6 is 0 Å². The summed E-state index contributed by atoms with van der Waals surface area (Å²) in [6, 6.07) is 3.22. The van der Waals surface area contributed by atoms with Crippen LogP contribution < -0.4 is 0 Å². The Kier molecular flexibility index (Phi) is 2.22. The van der Waals surface area contributed by atoms with Crippen LogP contribution in [0.15, 0.2) is 24.5 Å². The second kappa shape index (κ2) is 3.33. The van der Waals surface area contributed by atoms with Gasteiger partial charge in [-0.25, -0.2) is 4.98 Å². The minimum atomic E-state index is -4.87. The lowest BCUT2D eigenvalue weighted by atomic mass is 10.3. The minimum absolute atomic E-state index is 0.326. The zero-order valence-electron chi connectivity index (χ0n) is 8.25. The summed E-state index contributed by atoms with van der Waals surface area (Å²) in [4.78, 5) is 14.8. The monoisotopic (exact) mass is 228 g/mol. The Bertz CT molecular complexity index is 557. The van der Waals surface area contributed by atoms with Gasteiger partial charge in [-0.1, -0.05) is 0 Å². The van der Waals surface area contributed by atoms with Crippen LogP contribution in [0, 0.1) is 6.92 Å². The summed E-state index contributed by atoms with van der Waals surface area (Å²) >= 11 is 0. The van der Waals surface area contributed by atoms with Crippen LogP contribution in [0.25, 0.3) is 5.65 Å². The van der Waals surface area contributed by atoms with Crippen LogP contribution in [0.2, 0.25) is 0 Å². The number of ketones is 1. The molecular formula is C10H7F3N2O. The van der Waals surface area contributed by atoms with Crippen molar-refractivity contribution < 1.29 is 18.0 Å². The standard InChI is InChI=1S/C10H7F3N2O/c1-6-2-3-15-7(5-14-8(15)4-6)9(16)10(11,12)13/h2-5H,1H3. The van der Waals surface area contributed by atoms with E-state index in [1.54, 1.807) is 19.1 Å². The van der Waals surface area contributed by atoms with Crippen LogP contribution in [-0.4, -0.2) is 21.3 Å². The number of nitrogens with zero attached hydrogens (tertiary/aromatic N) is 2. The summed E-state index contributed by atoms with van der Waals surface area (Å²) in [5, 5.41) is 0. The Morgan fingerprint density at radius 2 is 2.12 bits per heavy atom. The molecule has 0 aliphatic rings. The van der Waals surface area contributed by atoms with Gasteiger partial charge >= 0.3 is 6.18 Å². The van der Waals surface area contributed by atoms with Gasteiger partial charge in [0.25, 0.3) is 5.78 Å². The van der Waals surface area contributed by atoms with Crippen LogP contribution in [0.3, 0.4) is 0 Å². The predicted molar refractivity (Wildman–Crippen MR) is 50.3 cm³/mol. The number of carbonyl (C=O) groups is 1. The molecule has 84 valence electrons. The third-order valence-electron chi connectivity index (χ3n) is 2.16. The molecule has 3 nitrogen and oxygen atoms in total. The van der Waals surface area contributed by atoms with Gasteiger partial charge in [0.1, 0.15) is 11.3 Å². The molecule has 16 heavy (non-hydrogen) atoms. The van der Waals surface area contributed by atoms with Crippen LogP contribution in [0.5, 0.6) is 0 Å². The SMILES string of the molecule is Cc1ccn2c(C(=O)C(F)(F)F)cnc2c1. The van der Waals surface area contributed by atoms with Crippen molar-refractivity contribution >= 4 is 11.4 Å². The molecule has 6 heteroatoms. The number of hydrogen-bond donors (Lipinski definition) is 0. The van der Waals surface area contributed by atoms with Gasteiger partial charge in [0.2, 0.25) is 0 Å². The van der Waals surface area contributed by atoms with Gasteiger partial charge in [-0.15, -0.1) is 0 Å². The first kappa shape index (κ1) is 10.7. The second-order valence-electron chi connectivity index (χ2n) is 3.40. The summed E-state index contributed by atoms with van der Waals surface area (Å²) in [5.41, 5.74) is 0.721. The molecule has 0 radical (unpaired) electrons. The highest BCUT2D eigenvalue weighted by atomic mass is 19.4. The number of carbonyl (C=O) groups excluding carboxylic acids is 1. The Balaban J connectivity index is 2.59. The normalized spacial score (nSPS) is 12.0. The number of hydrogen-bond acceptors (Lipinski definition) is 2. The number of imidazole rings is 1. The second-order valence-corrected chi connectivity index (χ2v) is 3.40. The van der Waals surface area contributed by atoms with Gasteiger partial charge in [-0.3, -0.25) is 9.20 Å². The fourth-order valence-corrected chi connectivity index (χ4v) is 1.40. The molecule has 0 fully saturated rings. The van der Waals surface area contributed by atoms with Crippen molar-refractivity contribution in [1.82, 2.24) is 9.38 Å². The number of rotatable bonds is 1. The van der Waals surface area contributed by atoms with Crippen molar-refractivity contribution in [3.8, 4) is 0 Å². The molecule has 0 amide bonds.